The molecule has 0 aromatic carbocycles. The maximum Gasteiger partial charge on any atom is 0.308 e. The highest BCUT2D eigenvalue weighted by molar-refractivity contribution is 5.81. The van der Waals surface area contributed by atoms with Gasteiger partial charge in [-0.2, -0.15) is 0 Å². The quantitative estimate of drug-likeness (QED) is 0.596. The number of hydrogen-bond acceptors (Lipinski definition) is 2. The molecule has 1 fully saturated rings. The van der Waals surface area contributed by atoms with Crippen molar-refractivity contribution in [1.29, 1.82) is 0 Å². The fourth-order valence-corrected chi connectivity index (χ4v) is 2.91. The van der Waals surface area contributed by atoms with Crippen LogP contribution in [0.15, 0.2) is 12.2 Å². The van der Waals surface area contributed by atoms with Crippen LogP contribution < -0.4 is 5.32 Å². The number of carbonyl (C=O) groups excluding carboxylic acids is 1. The standard InChI is InChI=1S/C14H21NO3/c16-13(10-6-4-5-7-10)15-12-9-3-1-2-8-11(12)14(17)18/h4-5,10-12H,1-3,6-9H2,(H,15,16)(H,17,18)/t11-,12+/m0/s1. The summed E-state index contributed by atoms with van der Waals surface area (Å²) in [6.45, 7) is 0. The van der Waals surface area contributed by atoms with E-state index in [1.54, 1.807) is 0 Å². The maximum absolute atomic E-state index is 12.0. The van der Waals surface area contributed by atoms with Gasteiger partial charge in [-0.15, -0.1) is 0 Å². The Morgan fingerprint density at radius 2 is 1.72 bits per heavy atom. The predicted octanol–water partition coefficient (Wildman–Crippen LogP) is 2.10. The van der Waals surface area contributed by atoms with Crippen molar-refractivity contribution in [3.63, 3.8) is 0 Å². The summed E-state index contributed by atoms with van der Waals surface area (Å²) in [6.07, 6.45) is 10.1. The minimum Gasteiger partial charge on any atom is -0.481 e. The van der Waals surface area contributed by atoms with Crippen LogP contribution >= 0.6 is 0 Å². The van der Waals surface area contributed by atoms with E-state index in [9.17, 15) is 14.7 Å². The van der Waals surface area contributed by atoms with Crippen LogP contribution in [0.1, 0.15) is 44.9 Å². The Hall–Kier alpha value is -1.32. The van der Waals surface area contributed by atoms with E-state index in [-0.39, 0.29) is 17.9 Å². The zero-order valence-corrected chi connectivity index (χ0v) is 10.6. The Balaban J connectivity index is 1.95. The Morgan fingerprint density at radius 1 is 1.06 bits per heavy atom. The highest BCUT2D eigenvalue weighted by Crippen LogP contribution is 2.25. The second kappa shape index (κ2) is 6.03. The summed E-state index contributed by atoms with van der Waals surface area (Å²) in [6, 6.07) is -0.182. The van der Waals surface area contributed by atoms with Gasteiger partial charge in [-0.1, -0.05) is 31.4 Å². The summed E-state index contributed by atoms with van der Waals surface area (Å²) in [5.74, 6) is -1.14. The molecule has 4 nitrogen and oxygen atoms in total. The lowest BCUT2D eigenvalue weighted by atomic mass is 9.94. The van der Waals surface area contributed by atoms with E-state index in [0.29, 0.717) is 6.42 Å². The van der Waals surface area contributed by atoms with Crippen molar-refractivity contribution in [2.24, 2.45) is 11.8 Å². The molecule has 0 aromatic rings. The number of carboxylic acids is 1. The van der Waals surface area contributed by atoms with Gasteiger partial charge in [-0.05, 0) is 25.7 Å². The Bertz CT molecular complexity index is 343. The third-order valence-corrected chi connectivity index (χ3v) is 4.04. The topological polar surface area (TPSA) is 66.4 Å². The molecular formula is C14H21NO3. The van der Waals surface area contributed by atoms with Crippen molar-refractivity contribution < 1.29 is 14.7 Å². The van der Waals surface area contributed by atoms with E-state index in [4.69, 9.17) is 0 Å². The normalized spacial score (nSPS) is 28.9. The molecule has 18 heavy (non-hydrogen) atoms. The van der Waals surface area contributed by atoms with Crippen molar-refractivity contribution in [1.82, 2.24) is 5.32 Å². The van der Waals surface area contributed by atoms with Crippen LogP contribution in [-0.2, 0) is 9.59 Å². The van der Waals surface area contributed by atoms with Gasteiger partial charge in [0.2, 0.25) is 5.91 Å². The third kappa shape index (κ3) is 3.12. The Morgan fingerprint density at radius 3 is 2.39 bits per heavy atom. The lowest BCUT2D eigenvalue weighted by Gasteiger charge is -2.24. The van der Waals surface area contributed by atoms with Gasteiger partial charge in [0, 0.05) is 12.0 Å². The molecule has 0 saturated heterocycles. The SMILES string of the molecule is O=C(N[C@@H]1CCCCC[C@@H]1C(=O)O)C1CC=CC1. The van der Waals surface area contributed by atoms with Gasteiger partial charge in [0.05, 0.1) is 5.92 Å². The van der Waals surface area contributed by atoms with Crippen LogP contribution in [0.25, 0.3) is 0 Å². The molecule has 2 aliphatic rings. The summed E-state index contributed by atoms with van der Waals surface area (Å²) in [4.78, 5) is 23.3. The number of aliphatic carboxylic acids is 1. The summed E-state index contributed by atoms with van der Waals surface area (Å²) in [5, 5.41) is 12.2. The van der Waals surface area contributed by atoms with Gasteiger partial charge in [-0.3, -0.25) is 9.59 Å². The summed E-state index contributed by atoms with van der Waals surface area (Å²) < 4.78 is 0. The minimum absolute atomic E-state index is 0.0164. The number of carbonyl (C=O) groups is 2. The molecule has 0 radical (unpaired) electrons. The molecule has 0 heterocycles. The average molecular weight is 251 g/mol. The summed E-state index contributed by atoms with van der Waals surface area (Å²) in [5.41, 5.74) is 0. The first-order valence-corrected chi connectivity index (χ1v) is 6.86. The monoisotopic (exact) mass is 251 g/mol. The first kappa shape index (κ1) is 13.1. The largest absolute Gasteiger partial charge is 0.481 e. The van der Waals surface area contributed by atoms with E-state index in [1.807, 2.05) is 12.2 Å². The van der Waals surface area contributed by atoms with Crippen LogP contribution in [0, 0.1) is 11.8 Å². The molecule has 0 unspecified atom stereocenters. The highest BCUT2D eigenvalue weighted by Gasteiger charge is 2.32. The fourth-order valence-electron chi connectivity index (χ4n) is 2.91. The van der Waals surface area contributed by atoms with Crippen LogP contribution in [0.4, 0.5) is 0 Å². The summed E-state index contributed by atoms with van der Waals surface area (Å²) in [7, 11) is 0. The molecule has 0 spiro atoms. The molecule has 100 valence electrons. The van der Waals surface area contributed by atoms with Gasteiger partial charge in [0.25, 0.3) is 0 Å². The molecular weight excluding hydrogens is 230 g/mol. The van der Waals surface area contributed by atoms with Crippen molar-refractivity contribution >= 4 is 11.9 Å². The molecule has 2 atom stereocenters. The van der Waals surface area contributed by atoms with E-state index in [1.165, 1.54) is 0 Å². The molecule has 2 N–H and O–H groups in total. The number of carboxylic acid groups (broad SMARTS) is 1. The first-order valence-electron chi connectivity index (χ1n) is 6.86. The number of allylic oxidation sites excluding steroid dienone is 2. The number of hydrogen-bond donors (Lipinski definition) is 2. The van der Waals surface area contributed by atoms with Crippen LogP contribution in [0.3, 0.4) is 0 Å². The van der Waals surface area contributed by atoms with Gasteiger partial charge in [0.1, 0.15) is 0 Å². The lowest BCUT2D eigenvalue weighted by Crippen LogP contribution is -2.44. The van der Waals surface area contributed by atoms with Gasteiger partial charge < -0.3 is 10.4 Å². The third-order valence-electron chi connectivity index (χ3n) is 4.04. The van der Waals surface area contributed by atoms with Crippen molar-refractivity contribution in [2.75, 3.05) is 0 Å². The number of amides is 1. The fraction of sp³-hybridized carbons (Fsp3) is 0.714. The van der Waals surface area contributed by atoms with E-state index < -0.39 is 11.9 Å². The Kier molecular flexibility index (Phi) is 4.39. The lowest BCUT2D eigenvalue weighted by molar-refractivity contribution is -0.143. The molecule has 1 amide bonds. The Labute approximate surface area is 107 Å². The van der Waals surface area contributed by atoms with Crippen LogP contribution in [-0.4, -0.2) is 23.0 Å². The number of nitrogens with one attached hydrogen (secondary N) is 1. The van der Waals surface area contributed by atoms with Gasteiger partial charge in [0.15, 0.2) is 0 Å². The van der Waals surface area contributed by atoms with Crippen LogP contribution in [0.2, 0.25) is 0 Å². The van der Waals surface area contributed by atoms with Gasteiger partial charge in [-0.25, -0.2) is 0 Å². The average Bonchev–Trinajstić information content (AvgIpc) is 2.77. The van der Waals surface area contributed by atoms with E-state index in [2.05, 4.69) is 5.32 Å². The first-order chi connectivity index (χ1) is 8.68. The van der Waals surface area contributed by atoms with Crippen molar-refractivity contribution in [2.45, 2.75) is 51.0 Å². The molecule has 0 aromatic heterocycles. The zero-order valence-electron chi connectivity index (χ0n) is 10.6. The second-order valence-corrected chi connectivity index (χ2v) is 5.34. The molecule has 0 aliphatic heterocycles. The second-order valence-electron chi connectivity index (χ2n) is 5.34. The van der Waals surface area contributed by atoms with E-state index in [0.717, 1.165) is 38.5 Å². The van der Waals surface area contributed by atoms with Crippen molar-refractivity contribution in [3.8, 4) is 0 Å². The van der Waals surface area contributed by atoms with Crippen molar-refractivity contribution in [3.05, 3.63) is 12.2 Å². The van der Waals surface area contributed by atoms with E-state index >= 15 is 0 Å². The zero-order chi connectivity index (χ0) is 13.0. The minimum atomic E-state index is -0.772. The molecule has 2 aliphatic carbocycles. The summed E-state index contributed by atoms with van der Waals surface area (Å²) >= 11 is 0. The highest BCUT2D eigenvalue weighted by atomic mass is 16.4. The van der Waals surface area contributed by atoms with Crippen LogP contribution in [0.5, 0.6) is 0 Å². The number of rotatable bonds is 3. The molecule has 1 saturated carbocycles. The smallest absolute Gasteiger partial charge is 0.308 e. The van der Waals surface area contributed by atoms with Gasteiger partial charge >= 0.3 is 5.97 Å². The molecule has 4 heteroatoms. The molecule has 0 bridgehead atoms. The predicted molar refractivity (Wildman–Crippen MR) is 68.0 cm³/mol. The molecule has 2 rings (SSSR count). The maximum atomic E-state index is 12.0.